The molecule has 0 aliphatic carbocycles. The largest absolute Gasteiger partial charge is 0.462 e. The van der Waals surface area contributed by atoms with Gasteiger partial charge in [0.1, 0.15) is 13.2 Å². The quantitative estimate of drug-likeness (QED) is 0.0199. The van der Waals surface area contributed by atoms with Crippen molar-refractivity contribution in [2.24, 2.45) is 0 Å². The Morgan fingerprint density at radius 3 is 0.866 bits per heavy atom. The van der Waals surface area contributed by atoms with Gasteiger partial charge in [0.15, 0.2) is 6.10 Å². The summed E-state index contributed by atoms with van der Waals surface area (Å²) in [6.45, 7) is 6.62. The molecule has 0 spiro atoms. The first-order chi connectivity index (χ1) is 33.0. The summed E-state index contributed by atoms with van der Waals surface area (Å²) in [4.78, 5) is 38.2. The number of carbonyl (C=O) groups is 3. The number of allylic oxidation sites excluding steroid dienone is 8. The van der Waals surface area contributed by atoms with Gasteiger partial charge in [-0.15, -0.1) is 0 Å². The summed E-state index contributed by atoms with van der Waals surface area (Å²) in [5.41, 5.74) is 0. The number of unbranched alkanes of at least 4 members (excludes halogenated alkanes) is 35. The maximum Gasteiger partial charge on any atom is 0.306 e. The van der Waals surface area contributed by atoms with Crippen LogP contribution in [0.4, 0.5) is 0 Å². The molecule has 0 aromatic heterocycles. The second-order valence-corrected chi connectivity index (χ2v) is 19.6. The van der Waals surface area contributed by atoms with Crippen molar-refractivity contribution >= 4 is 17.9 Å². The van der Waals surface area contributed by atoms with E-state index in [1.807, 2.05) is 0 Å². The van der Waals surface area contributed by atoms with Crippen molar-refractivity contribution in [3.63, 3.8) is 0 Å². The average molecular weight is 940 g/mol. The zero-order valence-corrected chi connectivity index (χ0v) is 44.7. The van der Waals surface area contributed by atoms with E-state index in [9.17, 15) is 14.4 Å². The number of carbonyl (C=O) groups excluding carboxylic acids is 3. The number of esters is 3. The lowest BCUT2D eigenvalue weighted by atomic mass is 10.1. The molecule has 0 heterocycles. The molecular weight excluding hydrogens is 829 g/mol. The lowest BCUT2D eigenvalue weighted by Gasteiger charge is -2.18. The van der Waals surface area contributed by atoms with Crippen LogP contribution < -0.4 is 0 Å². The summed E-state index contributed by atoms with van der Waals surface area (Å²) >= 11 is 0. The molecule has 0 radical (unpaired) electrons. The first-order valence-electron chi connectivity index (χ1n) is 29.2. The Kier molecular flexibility index (Phi) is 53.8. The molecule has 0 saturated heterocycles. The topological polar surface area (TPSA) is 78.9 Å². The second-order valence-electron chi connectivity index (χ2n) is 19.6. The molecule has 0 rings (SSSR count). The predicted octanol–water partition coefficient (Wildman–Crippen LogP) is 19.4. The lowest BCUT2D eigenvalue weighted by molar-refractivity contribution is -0.167. The predicted molar refractivity (Wildman–Crippen MR) is 289 cm³/mol. The molecular formula is C61H110O6. The van der Waals surface area contributed by atoms with Gasteiger partial charge >= 0.3 is 17.9 Å². The fraction of sp³-hybridized carbons (Fsp3) is 0.820. The Morgan fingerprint density at radius 2 is 0.537 bits per heavy atom. The molecule has 0 aromatic carbocycles. The highest BCUT2D eigenvalue weighted by Gasteiger charge is 2.19. The van der Waals surface area contributed by atoms with Gasteiger partial charge in [0, 0.05) is 19.3 Å². The highest BCUT2D eigenvalue weighted by molar-refractivity contribution is 5.71. The van der Waals surface area contributed by atoms with E-state index in [0.717, 1.165) is 64.2 Å². The zero-order chi connectivity index (χ0) is 48.6. The molecule has 0 aromatic rings. The van der Waals surface area contributed by atoms with Crippen LogP contribution in [-0.4, -0.2) is 37.2 Å². The van der Waals surface area contributed by atoms with Crippen molar-refractivity contribution in [1.82, 2.24) is 0 Å². The van der Waals surface area contributed by atoms with Crippen LogP contribution in [0.1, 0.15) is 303 Å². The number of rotatable bonds is 53. The van der Waals surface area contributed by atoms with Crippen molar-refractivity contribution in [3.05, 3.63) is 48.6 Å². The Bertz CT molecular complexity index is 1170. The molecule has 6 heteroatoms. The fourth-order valence-corrected chi connectivity index (χ4v) is 8.36. The molecule has 0 N–H and O–H groups in total. The number of ether oxygens (including phenoxy) is 3. The molecule has 390 valence electrons. The van der Waals surface area contributed by atoms with Crippen LogP contribution in [0.25, 0.3) is 0 Å². The standard InChI is InChI=1S/C61H110O6/c1-4-7-10-13-16-19-22-25-28-30-33-36-39-42-45-48-51-54-60(63)66-57-58(56-65-59(62)53-50-47-44-41-38-35-32-27-24-21-18-15-12-9-6-3)67-61(64)55-52-49-46-43-40-37-34-31-29-26-23-20-17-14-11-8-5-2/h18,21,24-29,58H,4-17,19-20,22-23,30-57H2,1-3H3/b21-18-,27-24-,28-25-,29-26-. The fourth-order valence-electron chi connectivity index (χ4n) is 8.36. The van der Waals surface area contributed by atoms with Crippen LogP contribution >= 0.6 is 0 Å². The highest BCUT2D eigenvalue weighted by Crippen LogP contribution is 2.15. The summed E-state index contributed by atoms with van der Waals surface area (Å²) in [5, 5.41) is 0. The van der Waals surface area contributed by atoms with Crippen molar-refractivity contribution in [2.45, 2.75) is 309 Å². The van der Waals surface area contributed by atoms with Gasteiger partial charge in [-0.3, -0.25) is 14.4 Å². The van der Waals surface area contributed by atoms with Gasteiger partial charge in [0.25, 0.3) is 0 Å². The van der Waals surface area contributed by atoms with Gasteiger partial charge in [-0.05, 0) is 96.3 Å². The van der Waals surface area contributed by atoms with Crippen molar-refractivity contribution in [1.29, 1.82) is 0 Å². The van der Waals surface area contributed by atoms with E-state index in [1.165, 1.54) is 199 Å². The number of hydrogen-bond acceptors (Lipinski definition) is 6. The lowest BCUT2D eigenvalue weighted by Crippen LogP contribution is -2.30. The zero-order valence-electron chi connectivity index (χ0n) is 44.7. The minimum absolute atomic E-state index is 0.0794. The van der Waals surface area contributed by atoms with Crippen molar-refractivity contribution in [3.8, 4) is 0 Å². The Balaban J connectivity index is 4.39. The van der Waals surface area contributed by atoms with Gasteiger partial charge in [0.05, 0.1) is 0 Å². The van der Waals surface area contributed by atoms with E-state index >= 15 is 0 Å². The summed E-state index contributed by atoms with van der Waals surface area (Å²) < 4.78 is 16.9. The van der Waals surface area contributed by atoms with Crippen LogP contribution in [0.15, 0.2) is 48.6 Å². The third-order valence-electron chi connectivity index (χ3n) is 12.8. The SMILES string of the molecule is CCCCC/C=C\C=C/CCCCCCCCC(=O)OCC(COC(=O)CCCCCCCCC/C=C\CCCCCCCC)OC(=O)CCCCCCCCC/C=C\CCCCCCCC. The van der Waals surface area contributed by atoms with Crippen LogP contribution in [0, 0.1) is 0 Å². The first-order valence-corrected chi connectivity index (χ1v) is 29.2. The molecule has 1 atom stereocenters. The van der Waals surface area contributed by atoms with Gasteiger partial charge in [-0.25, -0.2) is 0 Å². The molecule has 0 amide bonds. The Morgan fingerprint density at radius 1 is 0.299 bits per heavy atom. The van der Waals surface area contributed by atoms with Crippen molar-refractivity contribution < 1.29 is 28.6 Å². The summed E-state index contributed by atoms with van der Waals surface area (Å²) in [6.07, 6.45) is 68.1. The molecule has 1 unspecified atom stereocenters. The van der Waals surface area contributed by atoms with Crippen LogP contribution in [0.3, 0.4) is 0 Å². The molecule has 0 bridgehead atoms. The highest BCUT2D eigenvalue weighted by atomic mass is 16.6. The van der Waals surface area contributed by atoms with Gasteiger partial charge < -0.3 is 14.2 Å². The minimum atomic E-state index is -0.781. The van der Waals surface area contributed by atoms with Gasteiger partial charge in [-0.1, -0.05) is 236 Å². The van der Waals surface area contributed by atoms with E-state index < -0.39 is 6.10 Å². The van der Waals surface area contributed by atoms with E-state index in [4.69, 9.17) is 14.2 Å². The monoisotopic (exact) mass is 939 g/mol. The Labute approximate surface area is 416 Å². The van der Waals surface area contributed by atoms with E-state index in [1.54, 1.807) is 0 Å². The smallest absolute Gasteiger partial charge is 0.306 e. The second kappa shape index (κ2) is 56.0. The Hall–Kier alpha value is -2.63. The van der Waals surface area contributed by atoms with E-state index in [0.29, 0.717) is 19.3 Å². The molecule has 67 heavy (non-hydrogen) atoms. The summed E-state index contributed by atoms with van der Waals surface area (Å²) in [7, 11) is 0. The molecule has 6 nitrogen and oxygen atoms in total. The maximum atomic E-state index is 12.9. The molecule has 0 fully saturated rings. The van der Waals surface area contributed by atoms with Crippen molar-refractivity contribution in [2.75, 3.05) is 13.2 Å². The summed E-state index contributed by atoms with van der Waals surface area (Å²) in [5.74, 6) is -0.886. The molecule has 0 aliphatic heterocycles. The first kappa shape index (κ1) is 64.4. The van der Waals surface area contributed by atoms with E-state index in [-0.39, 0.29) is 31.1 Å². The van der Waals surface area contributed by atoms with E-state index in [2.05, 4.69) is 69.4 Å². The van der Waals surface area contributed by atoms with Crippen LogP contribution in [0.2, 0.25) is 0 Å². The van der Waals surface area contributed by atoms with Gasteiger partial charge in [0.2, 0.25) is 0 Å². The number of hydrogen-bond donors (Lipinski definition) is 0. The van der Waals surface area contributed by atoms with Gasteiger partial charge in [-0.2, -0.15) is 0 Å². The maximum absolute atomic E-state index is 12.9. The van der Waals surface area contributed by atoms with Crippen LogP contribution in [-0.2, 0) is 28.6 Å². The molecule has 0 saturated carbocycles. The minimum Gasteiger partial charge on any atom is -0.462 e. The van der Waals surface area contributed by atoms with Crippen LogP contribution in [0.5, 0.6) is 0 Å². The average Bonchev–Trinajstić information content (AvgIpc) is 3.33. The summed E-state index contributed by atoms with van der Waals surface area (Å²) in [6, 6.07) is 0. The third-order valence-corrected chi connectivity index (χ3v) is 12.8. The molecule has 0 aliphatic rings. The normalized spacial score (nSPS) is 12.3. The third kappa shape index (κ3) is 54.2.